The first-order valence-corrected chi connectivity index (χ1v) is 6.90. The minimum atomic E-state index is -0.149. The van der Waals surface area contributed by atoms with Gasteiger partial charge in [0, 0.05) is 11.6 Å². The van der Waals surface area contributed by atoms with Gasteiger partial charge in [-0.05, 0) is 42.1 Å². The van der Waals surface area contributed by atoms with Gasteiger partial charge in [-0.25, -0.2) is 4.39 Å². The molecule has 0 spiro atoms. The van der Waals surface area contributed by atoms with Crippen molar-refractivity contribution in [3.05, 3.63) is 59.4 Å². The van der Waals surface area contributed by atoms with Crippen molar-refractivity contribution in [3.63, 3.8) is 0 Å². The van der Waals surface area contributed by atoms with Crippen LogP contribution in [-0.4, -0.2) is 6.54 Å². The lowest BCUT2D eigenvalue weighted by Crippen LogP contribution is -2.18. The zero-order chi connectivity index (χ0) is 13.2. The van der Waals surface area contributed by atoms with E-state index in [-0.39, 0.29) is 5.82 Å². The van der Waals surface area contributed by atoms with Crippen molar-refractivity contribution in [1.29, 1.82) is 0 Å². The second-order valence-electron chi connectivity index (χ2n) is 5.04. The second-order valence-corrected chi connectivity index (χ2v) is 5.04. The molecule has 0 saturated carbocycles. The number of fused-ring (bicyclic) bond motifs is 1. The van der Waals surface area contributed by atoms with E-state index >= 15 is 0 Å². The fourth-order valence-electron chi connectivity index (χ4n) is 2.94. The lowest BCUT2D eigenvalue weighted by Gasteiger charge is -2.13. The molecule has 0 saturated heterocycles. The molecule has 19 heavy (non-hydrogen) atoms. The van der Waals surface area contributed by atoms with Crippen molar-refractivity contribution in [2.45, 2.75) is 25.8 Å². The maximum atomic E-state index is 13.8. The van der Waals surface area contributed by atoms with Gasteiger partial charge >= 0.3 is 0 Å². The van der Waals surface area contributed by atoms with E-state index in [4.69, 9.17) is 0 Å². The number of hydrogen-bond acceptors (Lipinski definition) is 1. The van der Waals surface area contributed by atoms with Crippen molar-refractivity contribution >= 4 is 0 Å². The van der Waals surface area contributed by atoms with E-state index in [9.17, 15) is 4.39 Å². The smallest absolute Gasteiger partial charge is 0.131 e. The number of nitrogens with one attached hydrogen (secondary N) is 1. The maximum absolute atomic E-state index is 13.8. The van der Waals surface area contributed by atoms with Crippen LogP contribution >= 0.6 is 0 Å². The van der Waals surface area contributed by atoms with Gasteiger partial charge in [-0.15, -0.1) is 0 Å². The van der Waals surface area contributed by atoms with Crippen LogP contribution in [0.15, 0.2) is 42.5 Å². The van der Waals surface area contributed by atoms with Crippen LogP contribution < -0.4 is 5.32 Å². The summed E-state index contributed by atoms with van der Waals surface area (Å²) in [5.74, 6) is -0.149. The molecule has 1 nitrogen and oxygen atoms in total. The van der Waals surface area contributed by atoms with Crippen LogP contribution in [0.1, 0.15) is 30.5 Å². The molecule has 0 fully saturated rings. The first-order valence-electron chi connectivity index (χ1n) is 6.90. The Bertz CT molecular complexity index is 592. The predicted octanol–water partition coefficient (Wildman–Crippen LogP) is 4.09. The summed E-state index contributed by atoms with van der Waals surface area (Å²) < 4.78 is 13.8. The molecule has 1 aliphatic carbocycles. The summed E-state index contributed by atoms with van der Waals surface area (Å²) in [6.45, 7) is 3.12. The van der Waals surface area contributed by atoms with Gasteiger partial charge in [0.05, 0.1) is 0 Å². The van der Waals surface area contributed by atoms with E-state index in [2.05, 4.69) is 24.4 Å². The van der Waals surface area contributed by atoms with Gasteiger partial charge in [0.25, 0.3) is 0 Å². The summed E-state index contributed by atoms with van der Waals surface area (Å²) >= 11 is 0. The topological polar surface area (TPSA) is 12.0 Å². The largest absolute Gasteiger partial charge is 0.310 e. The van der Waals surface area contributed by atoms with Crippen LogP contribution in [0.25, 0.3) is 11.1 Å². The summed E-state index contributed by atoms with van der Waals surface area (Å²) in [6, 6.07) is 13.8. The highest BCUT2D eigenvalue weighted by atomic mass is 19.1. The van der Waals surface area contributed by atoms with Crippen LogP contribution in [-0.2, 0) is 6.42 Å². The van der Waals surface area contributed by atoms with E-state index in [1.54, 1.807) is 6.07 Å². The molecule has 2 heteroatoms. The molecule has 1 unspecified atom stereocenters. The molecule has 2 aromatic rings. The van der Waals surface area contributed by atoms with E-state index in [1.165, 1.54) is 17.2 Å². The highest BCUT2D eigenvalue weighted by Crippen LogP contribution is 2.34. The highest BCUT2D eigenvalue weighted by Gasteiger charge is 2.21. The minimum Gasteiger partial charge on any atom is -0.310 e. The van der Waals surface area contributed by atoms with Crippen molar-refractivity contribution in [2.24, 2.45) is 0 Å². The molecule has 0 aliphatic heterocycles. The van der Waals surface area contributed by atoms with Crippen molar-refractivity contribution in [2.75, 3.05) is 6.54 Å². The second kappa shape index (κ2) is 5.14. The molecular weight excluding hydrogens is 237 g/mol. The van der Waals surface area contributed by atoms with E-state index < -0.39 is 0 Å². The quantitative estimate of drug-likeness (QED) is 0.871. The Morgan fingerprint density at radius 3 is 2.84 bits per heavy atom. The van der Waals surface area contributed by atoms with Gasteiger partial charge < -0.3 is 5.32 Å². The van der Waals surface area contributed by atoms with Crippen LogP contribution in [0, 0.1) is 5.82 Å². The van der Waals surface area contributed by atoms with Crippen molar-refractivity contribution < 1.29 is 4.39 Å². The Hall–Kier alpha value is -1.67. The number of halogens is 1. The van der Waals surface area contributed by atoms with E-state index in [1.807, 2.05) is 18.2 Å². The van der Waals surface area contributed by atoms with Gasteiger partial charge in [-0.2, -0.15) is 0 Å². The summed E-state index contributed by atoms with van der Waals surface area (Å²) in [5, 5.41) is 3.50. The normalized spacial score (nSPS) is 17.5. The maximum Gasteiger partial charge on any atom is 0.131 e. The summed E-state index contributed by atoms with van der Waals surface area (Å²) in [4.78, 5) is 0. The predicted molar refractivity (Wildman–Crippen MR) is 76.6 cm³/mol. The molecule has 3 rings (SSSR count). The van der Waals surface area contributed by atoms with Crippen molar-refractivity contribution in [1.82, 2.24) is 5.32 Å². The molecule has 1 N–H and O–H groups in total. The number of aryl methyl sites for hydroxylation is 1. The number of hydrogen-bond donors (Lipinski definition) is 1. The molecule has 0 amide bonds. The SMILES string of the molecule is CCNC1CCc2cc(-c3ccccc3F)ccc21. The number of rotatable bonds is 3. The average Bonchev–Trinajstić information content (AvgIpc) is 2.82. The average molecular weight is 255 g/mol. The summed E-state index contributed by atoms with van der Waals surface area (Å²) in [7, 11) is 0. The third-order valence-electron chi connectivity index (χ3n) is 3.86. The number of benzene rings is 2. The molecule has 1 aliphatic rings. The molecule has 0 radical (unpaired) electrons. The van der Waals surface area contributed by atoms with Gasteiger partial charge in [-0.1, -0.05) is 43.3 Å². The fourth-order valence-corrected chi connectivity index (χ4v) is 2.94. The van der Waals surface area contributed by atoms with Gasteiger partial charge in [0.1, 0.15) is 5.82 Å². The summed E-state index contributed by atoms with van der Waals surface area (Å²) in [6.07, 6.45) is 2.22. The fraction of sp³-hybridized carbons (Fsp3) is 0.294. The lowest BCUT2D eigenvalue weighted by atomic mass is 9.99. The molecule has 0 aromatic heterocycles. The van der Waals surface area contributed by atoms with Crippen LogP contribution in [0.2, 0.25) is 0 Å². The third kappa shape index (κ3) is 2.28. The van der Waals surface area contributed by atoms with E-state index in [0.29, 0.717) is 11.6 Å². The lowest BCUT2D eigenvalue weighted by molar-refractivity contribution is 0.549. The Morgan fingerprint density at radius 2 is 2.05 bits per heavy atom. The first kappa shape index (κ1) is 12.4. The zero-order valence-electron chi connectivity index (χ0n) is 11.1. The highest BCUT2D eigenvalue weighted by molar-refractivity contribution is 5.66. The van der Waals surface area contributed by atoms with E-state index in [0.717, 1.165) is 24.9 Å². The Labute approximate surface area is 113 Å². The summed E-state index contributed by atoms with van der Waals surface area (Å²) in [5.41, 5.74) is 4.40. The molecule has 0 heterocycles. The third-order valence-corrected chi connectivity index (χ3v) is 3.86. The standard InChI is InChI=1S/C17H18FN/c1-2-19-17-10-8-13-11-12(7-9-15(13)17)14-5-3-4-6-16(14)18/h3-7,9,11,17,19H,2,8,10H2,1H3. The molecular formula is C17H18FN. The zero-order valence-corrected chi connectivity index (χ0v) is 11.1. The molecule has 98 valence electrons. The Balaban J connectivity index is 1.98. The van der Waals surface area contributed by atoms with Crippen LogP contribution in [0.5, 0.6) is 0 Å². The van der Waals surface area contributed by atoms with Gasteiger partial charge in [0.15, 0.2) is 0 Å². The van der Waals surface area contributed by atoms with Gasteiger partial charge in [0.2, 0.25) is 0 Å². The van der Waals surface area contributed by atoms with Crippen molar-refractivity contribution in [3.8, 4) is 11.1 Å². The molecule has 1 atom stereocenters. The Morgan fingerprint density at radius 1 is 1.21 bits per heavy atom. The molecule has 2 aromatic carbocycles. The van der Waals surface area contributed by atoms with Crippen LogP contribution in [0.4, 0.5) is 4.39 Å². The Kier molecular flexibility index (Phi) is 3.34. The minimum absolute atomic E-state index is 0.149. The van der Waals surface area contributed by atoms with Gasteiger partial charge in [-0.3, -0.25) is 0 Å². The first-order chi connectivity index (χ1) is 9.29. The van der Waals surface area contributed by atoms with Crippen LogP contribution in [0.3, 0.4) is 0 Å². The monoisotopic (exact) mass is 255 g/mol. The molecule has 0 bridgehead atoms.